The Morgan fingerprint density at radius 2 is 1.70 bits per heavy atom. The molecule has 1 unspecified atom stereocenters. The molecule has 3 nitrogen and oxygen atoms in total. The van der Waals surface area contributed by atoms with Crippen molar-refractivity contribution in [3.8, 4) is 5.75 Å². The van der Waals surface area contributed by atoms with Crippen molar-refractivity contribution in [1.29, 1.82) is 0 Å². The molecule has 0 saturated heterocycles. The molecule has 0 heterocycles. The molecule has 0 aliphatic rings. The second kappa shape index (κ2) is 6.84. The molecule has 1 amide bonds. The molecule has 3 aromatic carbocycles. The summed E-state index contributed by atoms with van der Waals surface area (Å²) < 4.78 is 6.68. The van der Waals surface area contributed by atoms with E-state index in [0.717, 1.165) is 20.9 Å². The van der Waals surface area contributed by atoms with E-state index < -0.39 is 6.10 Å². The fourth-order valence-electron chi connectivity index (χ4n) is 2.31. The van der Waals surface area contributed by atoms with Gasteiger partial charge in [-0.3, -0.25) is 4.79 Å². The highest BCUT2D eigenvalue weighted by Gasteiger charge is 2.17. The van der Waals surface area contributed by atoms with E-state index in [1.807, 2.05) is 66.7 Å². The van der Waals surface area contributed by atoms with Crippen LogP contribution in [-0.4, -0.2) is 12.0 Å². The van der Waals surface area contributed by atoms with Gasteiger partial charge >= 0.3 is 0 Å². The van der Waals surface area contributed by atoms with Crippen molar-refractivity contribution in [2.24, 2.45) is 0 Å². The van der Waals surface area contributed by atoms with Crippen LogP contribution in [0.25, 0.3) is 10.8 Å². The van der Waals surface area contributed by atoms with Gasteiger partial charge < -0.3 is 10.1 Å². The average Bonchev–Trinajstić information content (AvgIpc) is 2.58. The Morgan fingerprint density at radius 3 is 2.48 bits per heavy atom. The molecule has 1 atom stereocenters. The average molecular weight is 370 g/mol. The van der Waals surface area contributed by atoms with Gasteiger partial charge in [0.2, 0.25) is 0 Å². The highest BCUT2D eigenvalue weighted by atomic mass is 79.9. The Labute approximate surface area is 143 Å². The van der Waals surface area contributed by atoms with Crippen molar-refractivity contribution in [3.63, 3.8) is 0 Å². The molecule has 1 N–H and O–H groups in total. The summed E-state index contributed by atoms with van der Waals surface area (Å²) in [5.41, 5.74) is 0.755. The van der Waals surface area contributed by atoms with Crippen LogP contribution in [0.5, 0.6) is 5.75 Å². The third-order valence-corrected chi connectivity index (χ3v) is 4.36. The summed E-state index contributed by atoms with van der Waals surface area (Å²) in [4.78, 5) is 12.2. The number of rotatable bonds is 4. The van der Waals surface area contributed by atoms with Crippen LogP contribution in [-0.2, 0) is 4.79 Å². The first-order valence-electron chi connectivity index (χ1n) is 7.35. The van der Waals surface area contributed by atoms with Crippen molar-refractivity contribution in [2.45, 2.75) is 13.0 Å². The number of fused-ring (bicyclic) bond motifs is 1. The van der Waals surface area contributed by atoms with E-state index in [1.54, 1.807) is 6.92 Å². The Bertz CT molecular complexity index is 833. The number of carbonyl (C=O) groups is 1. The number of carbonyl (C=O) groups excluding carboxylic acids is 1. The third-order valence-electron chi connectivity index (χ3n) is 3.54. The number of benzene rings is 3. The maximum atomic E-state index is 12.2. The third kappa shape index (κ3) is 3.54. The van der Waals surface area contributed by atoms with Gasteiger partial charge in [0.1, 0.15) is 5.75 Å². The van der Waals surface area contributed by atoms with Gasteiger partial charge in [-0.15, -0.1) is 0 Å². The number of amides is 1. The number of hydrogen-bond donors (Lipinski definition) is 1. The summed E-state index contributed by atoms with van der Waals surface area (Å²) in [7, 11) is 0. The Hall–Kier alpha value is -2.33. The van der Waals surface area contributed by atoms with Gasteiger partial charge in [0, 0.05) is 5.69 Å². The quantitative estimate of drug-likeness (QED) is 0.701. The van der Waals surface area contributed by atoms with E-state index in [2.05, 4.69) is 21.2 Å². The zero-order valence-electron chi connectivity index (χ0n) is 12.6. The second-order valence-corrected chi connectivity index (χ2v) is 6.01. The van der Waals surface area contributed by atoms with Crippen LogP contribution >= 0.6 is 15.9 Å². The lowest BCUT2D eigenvalue weighted by Crippen LogP contribution is -2.30. The van der Waals surface area contributed by atoms with Crippen LogP contribution in [0.15, 0.2) is 71.2 Å². The Balaban J connectivity index is 1.76. The number of nitrogens with one attached hydrogen (secondary N) is 1. The lowest BCUT2D eigenvalue weighted by atomic mass is 10.1. The van der Waals surface area contributed by atoms with Crippen molar-refractivity contribution >= 4 is 38.3 Å². The fourth-order valence-corrected chi connectivity index (χ4v) is 2.90. The van der Waals surface area contributed by atoms with E-state index in [1.165, 1.54) is 0 Å². The largest absolute Gasteiger partial charge is 0.480 e. The molecular formula is C19H16BrNO2. The molecule has 0 aliphatic carbocycles. The molecule has 23 heavy (non-hydrogen) atoms. The van der Waals surface area contributed by atoms with Gasteiger partial charge in [-0.05, 0) is 51.8 Å². The lowest BCUT2D eigenvalue weighted by Gasteiger charge is -2.16. The van der Waals surface area contributed by atoms with E-state index in [9.17, 15) is 4.79 Å². The molecular weight excluding hydrogens is 354 g/mol. The number of hydrogen-bond acceptors (Lipinski definition) is 2. The smallest absolute Gasteiger partial charge is 0.265 e. The van der Waals surface area contributed by atoms with Gasteiger partial charge in [-0.25, -0.2) is 0 Å². The maximum Gasteiger partial charge on any atom is 0.265 e. The topological polar surface area (TPSA) is 38.3 Å². The molecule has 0 spiro atoms. The first-order valence-corrected chi connectivity index (χ1v) is 8.14. The Kier molecular flexibility index (Phi) is 4.63. The predicted molar refractivity (Wildman–Crippen MR) is 96.8 cm³/mol. The number of ether oxygens (including phenoxy) is 1. The van der Waals surface area contributed by atoms with Crippen LogP contribution < -0.4 is 10.1 Å². The normalized spacial score (nSPS) is 11.9. The molecule has 4 heteroatoms. The minimum Gasteiger partial charge on any atom is -0.480 e. The number of anilines is 1. The van der Waals surface area contributed by atoms with Crippen LogP contribution in [0.3, 0.4) is 0 Å². The molecule has 0 saturated carbocycles. The van der Waals surface area contributed by atoms with Gasteiger partial charge in [-0.1, -0.05) is 48.5 Å². The summed E-state index contributed by atoms with van der Waals surface area (Å²) in [6.07, 6.45) is -0.604. The van der Waals surface area contributed by atoms with Gasteiger partial charge in [0.05, 0.1) is 4.47 Å². The van der Waals surface area contributed by atoms with Crippen LogP contribution in [0.1, 0.15) is 6.92 Å². The first-order chi connectivity index (χ1) is 11.1. The summed E-state index contributed by atoms with van der Waals surface area (Å²) >= 11 is 3.57. The number of halogens is 1. The molecule has 0 radical (unpaired) electrons. The molecule has 3 rings (SSSR count). The zero-order valence-corrected chi connectivity index (χ0v) is 14.2. The summed E-state index contributed by atoms with van der Waals surface area (Å²) in [6.45, 7) is 1.74. The highest BCUT2D eigenvalue weighted by Crippen LogP contribution is 2.33. The van der Waals surface area contributed by atoms with Crippen LogP contribution in [0.4, 0.5) is 5.69 Å². The van der Waals surface area contributed by atoms with E-state index in [4.69, 9.17) is 4.74 Å². The minimum atomic E-state index is -0.604. The molecule has 0 fully saturated rings. The highest BCUT2D eigenvalue weighted by molar-refractivity contribution is 9.10. The molecule has 0 bridgehead atoms. The zero-order chi connectivity index (χ0) is 16.2. The van der Waals surface area contributed by atoms with Gasteiger partial charge in [-0.2, -0.15) is 0 Å². The second-order valence-electron chi connectivity index (χ2n) is 5.21. The Morgan fingerprint density at radius 1 is 1.00 bits per heavy atom. The van der Waals surface area contributed by atoms with E-state index >= 15 is 0 Å². The summed E-state index contributed by atoms with van der Waals surface area (Å²) in [5.74, 6) is 0.468. The van der Waals surface area contributed by atoms with Crippen molar-refractivity contribution < 1.29 is 9.53 Å². The standard InChI is InChI=1S/C19H16BrNO2/c1-13(19(22)21-15-8-3-2-4-9-15)23-17-12-11-14-7-5-6-10-16(14)18(17)20/h2-13H,1H3,(H,21,22). The van der Waals surface area contributed by atoms with E-state index in [-0.39, 0.29) is 5.91 Å². The minimum absolute atomic E-state index is 0.184. The molecule has 116 valence electrons. The van der Waals surface area contributed by atoms with Crippen LogP contribution in [0, 0.1) is 0 Å². The SMILES string of the molecule is CC(Oc1ccc2ccccc2c1Br)C(=O)Nc1ccccc1. The lowest BCUT2D eigenvalue weighted by molar-refractivity contribution is -0.122. The molecule has 0 aliphatic heterocycles. The van der Waals surface area contributed by atoms with Gasteiger partial charge in [0.25, 0.3) is 5.91 Å². The van der Waals surface area contributed by atoms with E-state index in [0.29, 0.717) is 5.75 Å². The molecule has 0 aromatic heterocycles. The maximum absolute atomic E-state index is 12.2. The van der Waals surface area contributed by atoms with Crippen molar-refractivity contribution in [3.05, 3.63) is 71.2 Å². The summed E-state index contributed by atoms with van der Waals surface area (Å²) in [6, 6.07) is 21.2. The van der Waals surface area contributed by atoms with Crippen molar-refractivity contribution in [1.82, 2.24) is 0 Å². The predicted octanol–water partition coefficient (Wildman–Crippen LogP) is 5.01. The van der Waals surface area contributed by atoms with Crippen molar-refractivity contribution in [2.75, 3.05) is 5.32 Å². The fraction of sp³-hybridized carbons (Fsp3) is 0.105. The van der Waals surface area contributed by atoms with Crippen LogP contribution in [0.2, 0.25) is 0 Å². The summed E-state index contributed by atoms with van der Waals surface area (Å²) in [5, 5.41) is 5.01. The number of para-hydroxylation sites is 1. The van der Waals surface area contributed by atoms with Gasteiger partial charge in [0.15, 0.2) is 6.10 Å². The monoisotopic (exact) mass is 369 g/mol. The first kappa shape index (κ1) is 15.6. The molecule has 3 aromatic rings.